The van der Waals surface area contributed by atoms with Gasteiger partial charge in [-0.2, -0.15) is 5.10 Å². The molecule has 0 unspecified atom stereocenters. The van der Waals surface area contributed by atoms with Crippen LogP contribution < -0.4 is 16.0 Å². The fourth-order valence-electron chi connectivity index (χ4n) is 1.82. The first-order valence-corrected chi connectivity index (χ1v) is 7.92. The van der Waals surface area contributed by atoms with E-state index in [4.69, 9.17) is 5.84 Å². The zero-order valence-electron chi connectivity index (χ0n) is 11.6. The smallest absolute Gasteiger partial charge is 0.242 e. The van der Waals surface area contributed by atoms with Gasteiger partial charge in [0.2, 0.25) is 10.0 Å². The summed E-state index contributed by atoms with van der Waals surface area (Å²) in [5.41, 5.74) is 4.44. The van der Waals surface area contributed by atoms with Gasteiger partial charge >= 0.3 is 0 Å². The van der Waals surface area contributed by atoms with E-state index in [-0.39, 0.29) is 4.90 Å². The first-order valence-electron chi connectivity index (χ1n) is 6.44. The van der Waals surface area contributed by atoms with E-state index in [1.807, 2.05) is 6.92 Å². The minimum absolute atomic E-state index is 0.112. The van der Waals surface area contributed by atoms with Gasteiger partial charge in [0.05, 0.1) is 6.20 Å². The molecule has 2 heterocycles. The molecule has 114 valence electrons. The molecule has 0 aliphatic heterocycles. The van der Waals surface area contributed by atoms with Crippen LogP contribution >= 0.6 is 0 Å². The Bertz CT molecular complexity index is 680. The Morgan fingerprint density at radius 3 is 2.71 bits per heavy atom. The maximum atomic E-state index is 12.0. The highest BCUT2D eigenvalue weighted by Crippen LogP contribution is 2.10. The molecule has 0 amide bonds. The van der Waals surface area contributed by atoms with Crippen molar-refractivity contribution in [3.05, 3.63) is 35.8 Å². The second kappa shape index (κ2) is 6.66. The number of nitrogens with two attached hydrogens (primary N) is 1. The van der Waals surface area contributed by atoms with Crippen molar-refractivity contribution < 1.29 is 8.42 Å². The summed E-state index contributed by atoms with van der Waals surface area (Å²) < 4.78 is 26.6. The van der Waals surface area contributed by atoms with E-state index in [1.54, 1.807) is 6.20 Å². The molecule has 0 aliphatic rings. The lowest BCUT2D eigenvalue weighted by atomic mass is 10.1. The Morgan fingerprint density at radius 2 is 2.14 bits per heavy atom. The topological polar surface area (TPSA) is 126 Å². The Kier molecular flexibility index (Phi) is 4.89. The van der Waals surface area contributed by atoms with Gasteiger partial charge in [0.25, 0.3) is 0 Å². The Hall–Kier alpha value is -1.97. The van der Waals surface area contributed by atoms with Crippen LogP contribution in [0.2, 0.25) is 0 Å². The minimum atomic E-state index is -3.54. The molecule has 8 nitrogen and oxygen atoms in total. The van der Waals surface area contributed by atoms with Crippen molar-refractivity contribution in [3.63, 3.8) is 0 Å². The molecule has 0 saturated heterocycles. The fourth-order valence-corrected chi connectivity index (χ4v) is 2.84. The summed E-state index contributed by atoms with van der Waals surface area (Å²) in [4.78, 5) is 3.99. The molecule has 9 heteroatoms. The van der Waals surface area contributed by atoms with Crippen LogP contribution in [-0.2, 0) is 16.4 Å². The molecule has 0 atom stereocenters. The highest BCUT2D eigenvalue weighted by atomic mass is 32.2. The molecule has 2 aromatic rings. The van der Waals surface area contributed by atoms with Crippen molar-refractivity contribution in [2.45, 2.75) is 24.7 Å². The largest absolute Gasteiger partial charge is 0.308 e. The number of sulfonamides is 1. The van der Waals surface area contributed by atoms with Crippen LogP contribution in [0.15, 0.2) is 29.4 Å². The molecule has 0 saturated carbocycles. The number of hydrogen-bond acceptors (Lipinski definition) is 6. The first-order chi connectivity index (χ1) is 10.0. The minimum Gasteiger partial charge on any atom is -0.308 e. The lowest BCUT2D eigenvalue weighted by molar-refractivity contribution is 0.578. The lowest BCUT2D eigenvalue weighted by Gasteiger charge is -2.07. The first kappa shape index (κ1) is 15.4. The number of anilines is 1. The van der Waals surface area contributed by atoms with Crippen LogP contribution in [0.5, 0.6) is 0 Å². The highest BCUT2D eigenvalue weighted by molar-refractivity contribution is 7.89. The van der Waals surface area contributed by atoms with Gasteiger partial charge in [-0.15, -0.1) is 0 Å². The number of pyridine rings is 1. The van der Waals surface area contributed by atoms with Gasteiger partial charge in [-0.25, -0.2) is 24.0 Å². The molecule has 0 spiro atoms. The van der Waals surface area contributed by atoms with E-state index >= 15 is 0 Å². The molecular formula is C12H18N6O2S. The predicted molar refractivity (Wildman–Crippen MR) is 78.9 cm³/mol. The number of nitrogens with one attached hydrogen (secondary N) is 3. The summed E-state index contributed by atoms with van der Waals surface area (Å²) in [6.45, 7) is 2.29. The van der Waals surface area contributed by atoms with Gasteiger partial charge in [-0.05, 0) is 37.5 Å². The van der Waals surface area contributed by atoms with Crippen molar-refractivity contribution in [3.8, 4) is 0 Å². The number of aromatic amines is 1. The number of H-pyrrole nitrogens is 1. The fraction of sp³-hybridized carbons (Fsp3) is 0.333. The van der Waals surface area contributed by atoms with Gasteiger partial charge in [0, 0.05) is 18.4 Å². The summed E-state index contributed by atoms with van der Waals surface area (Å²) in [5.74, 6) is 5.59. The van der Waals surface area contributed by atoms with Gasteiger partial charge < -0.3 is 5.43 Å². The molecule has 5 N–H and O–H groups in total. The SMILES string of the molecule is Cc1[nH]ncc1CCCNS(=O)(=O)c1ccc(NN)nc1. The maximum absolute atomic E-state index is 12.0. The molecular weight excluding hydrogens is 292 g/mol. The third kappa shape index (κ3) is 4.00. The van der Waals surface area contributed by atoms with Gasteiger partial charge in [-0.3, -0.25) is 5.10 Å². The molecule has 2 rings (SSSR count). The monoisotopic (exact) mass is 310 g/mol. The third-order valence-electron chi connectivity index (χ3n) is 3.04. The van der Waals surface area contributed by atoms with Crippen molar-refractivity contribution >= 4 is 15.8 Å². The predicted octanol–water partition coefficient (Wildman–Crippen LogP) is 0.310. The van der Waals surface area contributed by atoms with Gasteiger partial charge in [0.15, 0.2) is 0 Å². The van der Waals surface area contributed by atoms with Crippen molar-refractivity contribution in [1.82, 2.24) is 19.9 Å². The zero-order valence-corrected chi connectivity index (χ0v) is 12.4. The highest BCUT2D eigenvalue weighted by Gasteiger charge is 2.13. The lowest BCUT2D eigenvalue weighted by Crippen LogP contribution is -2.25. The van der Waals surface area contributed by atoms with E-state index < -0.39 is 10.0 Å². The van der Waals surface area contributed by atoms with Crippen LogP contribution in [0.25, 0.3) is 0 Å². The molecule has 0 aliphatic carbocycles. The van der Waals surface area contributed by atoms with Gasteiger partial charge in [0.1, 0.15) is 10.7 Å². The van der Waals surface area contributed by atoms with Crippen LogP contribution in [0.1, 0.15) is 17.7 Å². The van der Waals surface area contributed by atoms with Crippen molar-refractivity contribution in [1.29, 1.82) is 0 Å². The number of rotatable bonds is 7. The standard InChI is InChI=1S/C12H18N6O2S/c1-9-10(7-15-18-9)3-2-6-16-21(19,20)11-4-5-12(17-13)14-8-11/h4-5,7-8,16H,2-3,6,13H2,1H3,(H,14,17)(H,15,18). The van der Waals surface area contributed by atoms with E-state index in [2.05, 4.69) is 25.3 Å². The summed E-state index contributed by atoms with van der Waals surface area (Å²) >= 11 is 0. The number of hydrogen-bond donors (Lipinski definition) is 4. The molecule has 0 fully saturated rings. The van der Waals surface area contributed by atoms with E-state index in [9.17, 15) is 8.42 Å². The second-order valence-corrected chi connectivity index (χ2v) is 6.31. The van der Waals surface area contributed by atoms with E-state index in [0.29, 0.717) is 18.8 Å². The van der Waals surface area contributed by atoms with Crippen LogP contribution in [-0.4, -0.2) is 30.1 Å². The van der Waals surface area contributed by atoms with E-state index in [0.717, 1.165) is 17.7 Å². The summed E-state index contributed by atoms with van der Waals surface area (Å²) in [5, 5.41) is 6.77. The van der Waals surface area contributed by atoms with Crippen LogP contribution in [0, 0.1) is 6.92 Å². The Morgan fingerprint density at radius 1 is 1.33 bits per heavy atom. The second-order valence-electron chi connectivity index (χ2n) is 4.55. The molecule has 0 bridgehead atoms. The Balaban J connectivity index is 1.87. The Labute approximate surface area is 123 Å². The average molecular weight is 310 g/mol. The number of nitrogen functional groups attached to an aromatic ring is 1. The summed E-state index contributed by atoms with van der Waals surface area (Å²) in [6.07, 6.45) is 4.47. The van der Waals surface area contributed by atoms with Crippen LogP contribution in [0.3, 0.4) is 0 Å². The van der Waals surface area contributed by atoms with Crippen LogP contribution in [0.4, 0.5) is 5.82 Å². The number of aryl methyl sites for hydroxylation is 2. The zero-order chi connectivity index (χ0) is 15.3. The number of hydrazine groups is 1. The number of nitrogens with zero attached hydrogens (tertiary/aromatic N) is 2. The average Bonchev–Trinajstić information content (AvgIpc) is 2.89. The maximum Gasteiger partial charge on any atom is 0.242 e. The molecule has 0 radical (unpaired) electrons. The normalized spacial score (nSPS) is 11.5. The van der Waals surface area contributed by atoms with Crippen molar-refractivity contribution in [2.75, 3.05) is 12.0 Å². The quantitative estimate of drug-likeness (QED) is 0.331. The molecule has 2 aromatic heterocycles. The molecule has 21 heavy (non-hydrogen) atoms. The number of aromatic nitrogens is 3. The van der Waals surface area contributed by atoms with E-state index in [1.165, 1.54) is 18.3 Å². The summed E-state index contributed by atoms with van der Waals surface area (Å²) in [7, 11) is -3.54. The van der Waals surface area contributed by atoms with Crippen molar-refractivity contribution in [2.24, 2.45) is 5.84 Å². The summed E-state index contributed by atoms with van der Waals surface area (Å²) in [6, 6.07) is 2.95. The van der Waals surface area contributed by atoms with Gasteiger partial charge in [-0.1, -0.05) is 0 Å². The third-order valence-corrected chi connectivity index (χ3v) is 4.49. The molecule has 0 aromatic carbocycles.